The van der Waals surface area contributed by atoms with Crippen molar-refractivity contribution in [1.82, 2.24) is 15.3 Å². The van der Waals surface area contributed by atoms with Gasteiger partial charge in [0.15, 0.2) is 0 Å². The zero-order chi connectivity index (χ0) is 10.0. The van der Waals surface area contributed by atoms with E-state index in [0.717, 1.165) is 25.1 Å². The second-order valence-corrected chi connectivity index (χ2v) is 3.78. The molecule has 0 fully saturated rings. The zero-order valence-corrected chi connectivity index (χ0v) is 8.76. The van der Waals surface area contributed by atoms with Crippen molar-refractivity contribution in [3.8, 4) is 0 Å². The minimum absolute atomic E-state index is 0.0810. The standard InChI is InChI=1S/C10H17N3O/c1-3-10(6-14-2)9-8(4-5-13-10)11-7-12-9/h7,13H,3-6H2,1-2H3,(H,11,12). The van der Waals surface area contributed by atoms with E-state index in [1.165, 1.54) is 5.69 Å². The van der Waals surface area contributed by atoms with E-state index < -0.39 is 0 Å². The molecular weight excluding hydrogens is 178 g/mol. The zero-order valence-electron chi connectivity index (χ0n) is 8.76. The highest BCUT2D eigenvalue weighted by atomic mass is 16.5. The molecule has 0 spiro atoms. The fourth-order valence-corrected chi connectivity index (χ4v) is 2.19. The summed E-state index contributed by atoms with van der Waals surface area (Å²) in [5.74, 6) is 0. The number of imidazole rings is 1. The Hall–Kier alpha value is -0.870. The molecule has 0 aliphatic carbocycles. The number of nitrogens with one attached hydrogen (secondary N) is 2. The van der Waals surface area contributed by atoms with Gasteiger partial charge in [0.05, 0.1) is 24.2 Å². The fraction of sp³-hybridized carbons (Fsp3) is 0.700. The second-order valence-electron chi connectivity index (χ2n) is 3.78. The molecule has 1 aromatic heterocycles. The van der Waals surface area contributed by atoms with Gasteiger partial charge in [-0.25, -0.2) is 4.98 Å². The lowest BCUT2D eigenvalue weighted by molar-refractivity contribution is 0.0975. The van der Waals surface area contributed by atoms with Gasteiger partial charge < -0.3 is 15.0 Å². The highest BCUT2D eigenvalue weighted by molar-refractivity contribution is 5.25. The number of ether oxygens (including phenoxy) is 1. The van der Waals surface area contributed by atoms with Crippen LogP contribution in [0.15, 0.2) is 6.33 Å². The van der Waals surface area contributed by atoms with Crippen molar-refractivity contribution < 1.29 is 4.74 Å². The molecular formula is C10H17N3O. The minimum Gasteiger partial charge on any atom is -0.382 e. The predicted molar refractivity (Wildman–Crippen MR) is 54.1 cm³/mol. The third kappa shape index (κ3) is 1.35. The highest BCUT2D eigenvalue weighted by Crippen LogP contribution is 2.29. The Balaban J connectivity index is 2.36. The first-order valence-electron chi connectivity index (χ1n) is 5.09. The lowest BCUT2D eigenvalue weighted by atomic mass is 9.88. The maximum Gasteiger partial charge on any atom is 0.0926 e. The molecule has 1 aliphatic rings. The van der Waals surface area contributed by atoms with Crippen LogP contribution in [0.1, 0.15) is 24.7 Å². The number of methoxy groups -OCH3 is 1. The summed E-state index contributed by atoms with van der Waals surface area (Å²) in [6, 6.07) is 0. The van der Waals surface area contributed by atoms with E-state index in [1.807, 2.05) is 0 Å². The number of H-pyrrole nitrogens is 1. The summed E-state index contributed by atoms with van der Waals surface area (Å²) in [5.41, 5.74) is 2.30. The van der Waals surface area contributed by atoms with E-state index in [2.05, 4.69) is 22.2 Å². The van der Waals surface area contributed by atoms with Gasteiger partial charge in [0.2, 0.25) is 0 Å². The van der Waals surface area contributed by atoms with E-state index in [9.17, 15) is 0 Å². The molecule has 0 saturated heterocycles. The van der Waals surface area contributed by atoms with E-state index >= 15 is 0 Å². The Bertz CT molecular complexity index is 310. The molecule has 0 amide bonds. The Labute approximate surface area is 84.1 Å². The smallest absolute Gasteiger partial charge is 0.0926 e. The largest absolute Gasteiger partial charge is 0.382 e. The number of hydrogen-bond donors (Lipinski definition) is 2. The van der Waals surface area contributed by atoms with Gasteiger partial charge in [-0.15, -0.1) is 0 Å². The van der Waals surface area contributed by atoms with Crippen molar-refractivity contribution in [1.29, 1.82) is 0 Å². The summed E-state index contributed by atoms with van der Waals surface area (Å²) in [6.07, 6.45) is 3.80. The molecule has 0 radical (unpaired) electrons. The summed E-state index contributed by atoms with van der Waals surface area (Å²) >= 11 is 0. The Morgan fingerprint density at radius 3 is 3.21 bits per heavy atom. The van der Waals surface area contributed by atoms with E-state index in [4.69, 9.17) is 4.74 Å². The topological polar surface area (TPSA) is 49.9 Å². The Morgan fingerprint density at radius 2 is 2.50 bits per heavy atom. The van der Waals surface area contributed by atoms with Crippen LogP contribution in [0.2, 0.25) is 0 Å². The molecule has 0 saturated carbocycles. The SMILES string of the molecule is CCC1(COC)NCCc2[nH]cnc21. The van der Waals surface area contributed by atoms with Crippen molar-refractivity contribution in [3.05, 3.63) is 17.7 Å². The molecule has 1 aromatic rings. The normalized spacial score (nSPS) is 26.1. The van der Waals surface area contributed by atoms with Gasteiger partial charge in [-0.05, 0) is 6.42 Å². The molecule has 0 bridgehead atoms. The fourth-order valence-electron chi connectivity index (χ4n) is 2.19. The monoisotopic (exact) mass is 195 g/mol. The lowest BCUT2D eigenvalue weighted by Gasteiger charge is -2.36. The molecule has 2 heterocycles. The van der Waals surface area contributed by atoms with Crippen molar-refractivity contribution >= 4 is 0 Å². The quantitative estimate of drug-likeness (QED) is 0.750. The molecule has 2 rings (SSSR count). The van der Waals surface area contributed by atoms with Crippen LogP contribution in [0, 0.1) is 0 Å². The van der Waals surface area contributed by atoms with Crippen LogP contribution < -0.4 is 5.32 Å². The summed E-state index contributed by atoms with van der Waals surface area (Å²) in [6.45, 7) is 3.84. The van der Waals surface area contributed by atoms with Gasteiger partial charge in [0.1, 0.15) is 0 Å². The van der Waals surface area contributed by atoms with Crippen molar-refractivity contribution in [2.75, 3.05) is 20.3 Å². The first-order chi connectivity index (χ1) is 6.82. The maximum absolute atomic E-state index is 5.29. The summed E-state index contributed by atoms with van der Waals surface area (Å²) < 4.78 is 5.29. The highest BCUT2D eigenvalue weighted by Gasteiger charge is 2.36. The van der Waals surface area contributed by atoms with E-state index in [-0.39, 0.29) is 5.54 Å². The van der Waals surface area contributed by atoms with E-state index in [1.54, 1.807) is 13.4 Å². The average Bonchev–Trinajstić information content (AvgIpc) is 2.67. The van der Waals surface area contributed by atoms with Gasteiger partial charge in [-0.3, -0.25) is 0 Å². The van der Waals surface area contributed by atoms with Gasteiger partial charge in [0, 0.05) is 25.8 Å². The molecule has 0 aromatic carbocycles. The van der Waals surface area contributed by atoms with Crippen molar-refractivity contribution in [2.24, 2.45) is 0 Å². The number of nitrogens with zero attached hydrogens (tertiary/aromatic N) is 1. The summed E-state index contributed by atoms with van der Waals surface area (Å²) in [7, 11) is 1.74. The molecule has 1 atom stereocenters. The van der Waals surface area contributed by atoms with Gasteiger partial charge >= 0.3 is 0 Å². The van der Waals surface area contributed by atoms with Crippen LogP contribution in [-0.4, -0.2) is 30.2 Å². The second kappa shape index (κ2) is 3.71. The third-order valence-electron chi connectivity index (χ3n) is 3.00. The maximum atomic E-state index is 5.29. The number of rotatable bonds is 3. The van der Waals surface area contributed by atoms with Gasteiger partial charge in [-0.1, -0.05) is 6.92 Å². The molecule has 2 N–H and O–H groups in total. The molecule has 4 nitrogen and oxygen atoms in total. The Kier molecular flexibility index (Phi) is 2.56. The van der Waals surface area contributed by atoms with Gasteiger partial charge in [0.25, 0.3) is 0 Å². The summed E-state index contributed by atoms with van der Waals surface area (Å²) in [4.78, 5) is 7.60. The van der Waals surface area contributed by atoms with Crippen LogP contribution in [0.25, 0.3) is 0 Å². The number of hydrogen-bond acceptors (Lipinski definition) is 3. The molecule has 78 valence electrons. The summed E-state index contributed by atoms with van der Waals surface area (Å²) in [5, 5.41) is 3.52. The van der Waals surface area contributed by atoms with Crippen LogP contribution in [-0.2, 0) is 16.7 Å². The molecule has 1 unspecified atom stereocenters. The van der Waals surface area contributed by atoms with Crippen LogP contribution in [0.4, 0.5) is 0 Å². The molecule has 14 heavy (non-hydrogen) atoms. The van der Waals surface area contributed by atoms with Crippen molar-refractivity contribution in [3.63, 3.8) is 0 Å². The first-order valence-corrected chi connectivity index (χ1v) is 5.09. The lowest BCUT2D eigenvalue weighted by Crippen LogP contribution is -2.50. The van der Waals surface area contributed by atoms with Crippen molar-refractivity contribution in [2.45, 2.75) is 25.3 Å². The third-order valence-corrected chi connectivity index (χ3v) is 3.00. The molecule has 1 aliphatic heterocycles. The average molecular weight is 195 g/mol. The Morgan fingerprint density at radius 1 is 1.64 bits per heavy atom. The minimum atomic E-state index is -0.0810. The predicted octanol–water partition coefficient (Wildman–Crippen LogP) is 0.807. The number of aromatic amines is 1. The van der Waals surface area contributed by atoms with E-state index in [0.29, 0.717) is 6.61 Å². The van der Waals surface area contributed by atoms with Crippen LogP contribution in [0.3, 0.4) is 0 Å². The number of fused-ring (bicyclic) bond motifs is 1. The number of aromatic nitrogens is 2. The van der Waals surface area contributed by atoms with Crippen LogP contribution in [0.5, 0.6) is 0 Å². The van der Waals surface area contributed by atoms with Crippen LogP contribution >= 0.6 is 0 Å². The molecule has 4 heteroatoms. The first kappa shape index (κ1) is 9.68. The van der Waals surface area contributed by atoms with Gasteiger partial charge in [-0.2, -0.15) is 0 Å².